The van der Waals surface area contributed by atoms with E-state index in [1.54, 1.807) is 19.2 Å². The first-order chi connectivity index (χ1) is 10.0. The highest BCUT2D eigenvalue weighted by Crippen LogP contribution is 2.28. The second-order valence-electron chi connectivity index (χ2n) is 4.64. The standard InChI is InChI=1S/C16H16ClNO3/c1-18(10-12-5-3-4-6-15(12)21-2)14-8-7-11(16(19)20)9-13(14)17/h3-9H,10H2,1-2H3,(H,19,20). The number of halogens is 1. The van der Waals surface area contributed by atoms with Gasteiger partial charge in [-0.25, -0.2) is 4.79 Å². The Morgan fingerprint density at radius 1 is 1.29 bits per heavy atom. The minimum absolute atomic E-state index is 0.175. The maximum Gasteiger partial charge on any atom is 0.335 e. The zero-order chi connectivity index (χ0) is 15.4. The molecule has 2 aromatic rings. The Bertz CT molecular complexity index is 658. The second kappa shape index (κ2) is 6.50. The van der Waals surface area contributed by atoms with Crippen LogP contribution in [0.4, 0.5) is 5.69 Å². The number of hydrogen-bond donors (Lipinski definition) is 1. The number of aromatic carboxylic acids is 1. The van der Waals surface area contributed by atoms with Crippen LogP contribution in [0.2, 0.25) is 5.02 Å². The highest BCUT2D eigenvalue weighted by molar-refractivity contribution is 6.33. The molecule has 0 radical (unpaired) electrons. The zero-order valence-electron chi connectivity index (χ0n) is 11.8. The van der Waals surface area contributed by atoms with Crippen LogP contribution in [-0.4, -0.2) is 25.2 Å². The summed E-state index contributed by atoms with van der Waals surface area (Å²) in [6.45, 7) is 0.607. The van der Waals surface area contributed by atoms with Gasteiger partial charge in [-0.3, -0.25) is 0 Å². The molecule has 2 aromatic carbocycles. The van der Waals surface area contributed by atoms with Gasteiger partial charge in [0.05, 0.1) is 23.4 Å². The number of carboxylic acid groups (broad SMARTS) is 1. The summed E-state index contributed by atoms with van der Waals surface area (Å²) in [7, 11) is 3.53. The van der Waals surface area contributed by atoms with Crippen molar-refractivity contribution in [1.82, 2.24) is 0 Å². The van der Waals surface area contributed by atoms with Crippen LogP contribution in [0, 0.1) is 0 Å². The molecular weight excluding hydrogens is 290 g/mol. The van der Waals surface area contributed by atoms with E-state index in [1.165, 1.54) is 6.07 Å². The summed E-state index contributed by atoms with van der Waals surface area (Å²) in [6.07, 6.45) is 0. The number of rotatable bonds is 5. The third-order valence-corrected chi connectivity index (χ3v) is 3.51. The molecule has 1 N–H and O–H groups in total. The average Bonchev–Trinajstić information content (AvgIpc) is 2.47. The van der Waals surface area contributed by atoms with Gasteiger partial charge in [-0.05, 0) is 24.3 Å². The number of ether oxygens (including phenoxy) is 1. The summed E-state index contributed by atoms with van der Waals surface area (Å²) in [5.74, 6) is -0.182. The van der Waals surface area contributed by atoms with E-state index in [2.05, 4.69) is 0 Å². The Balaban J connectivity index is 2.24. The molecule has 0 spiro atoms. The predicted octanol–water partition coefficient (Wildman–Crippen LogP) is 3.68. The number of carboxylic acids is 1. The minimum Gasteiger partial charge on any atom is -0.496 e. The SMILES string of the molecule is COc1ccccc1CN(C)c1ccc(C(=O)O)cc1Cl. The number of carbonyl (C=O) groups is 1. The van der Waals surface area contributed by atoms with E-state index in [1.807, 2.05) is 36.2 Å². The van der Waals surface area contributed by atoms with Gasteiger partial charge in [-0.1, -0.05) is 29.8 Å². The molecule has 21 heavy (non-hydrogen) atoms. The molecule has 0 atom stereocenters. The molecule has 0 bridgehead atoms. The van der Waals surface area contributed by atoms with Gasteiger partial charge in [-0.2, -0.15) is 0 Å². The second-order valence-corrected chi connectivity index (χ2v) is 5.05. The van der Waals surface area contributed by atoms with E-state index < -0.39 is 5.97 Å². The molecule has 0 heterocycles. The molecule has 0 fully saturated rings. The topological polar surface area (TPSA) is 49.8 Å². The van der Waals surface area contributed by atoms with Crippen molar-refractivity contribution in [1.29, 1.82) is 0 Å². The highest BCUT2D eigenvalue weighted by Gasteiger charge is 2.12. The number of benzene rings is 2. The first-order valence-electron chi connectivity index (χ1n) is 6.39. The molecule has 0 saturated carbocycles. The average molecular weight is 306 g/mol. The first-order valence-corrected chi connectivity index (χ1v) is 6.76. The van der Waals surface area contributed by atoms with Gasteiger partial charge in [0.25, 0.3) is 0 Å². The molecule has 0 amide bonds. The first kappa shape index (κ1) is 15.2. The number of nitrogens with zero attached hydrogens (tertiary/aromatic N) is 1. The number of para-hydroxylation sites is 1. The molecule has 4 nitrogen and oxygen atoms in total. The van der Waals surface area contributed by atoms with Crippen molar-refractivity contribution >= 4 is 23.3 Å². The number of methoxy groups -OCH3 is 1. The van der Waals surface area contributed by atoms with Crippen molar-refractivity contribution in [3.05, 3.63) is 58.6 Å². The summed E-state index contributed by atoms with van der Waals surface area (Å²) < 4.78 is 5.33. The van der Waals surface area contributed by atoms with Crippen molar-refractivity contribution in [3.63, 3.8) is 0 Å². The molecule has 5 heteroatoms. The van der Waals surface area contributed by atoms with Gasteiger partial charge in [0.2, 0.25) is 0 Å². The Hall–Kier alpha value is -2.20. The maximum absolute atomic E-state index is 10.9. The van der Waals surface area contributed by atoms with E-state index in [0.717, 1.165) is 17.0 Å². The fraction of sp³-hybridized carbons (Fsp3) is 0.188. The fourth-order valence-electron chi connectivity index (χ4n) is 2.12. The molecule has 0 unspecified atom stereocenters. The molecule has 0 aliphatic carbocycles. The van der Waals surface area contributed by atoms with Crippen LogP contribution >= 0.6 is 11.6 Å². The molecule has 0 aromatic heterocycles. The lowest BCUT2D eigenvalue weighted by atomic mass is 10.1. The van der Waals surface area contributed by atoms with Crippen LogP contribution in [0.15, 0.2) is 42.5 Å². The molecule has 0 aliphatic rings. The van der Waals surface area contributed by atoms with Crippen molar-refractivity contribution in [2.75, 3.05) is 19.1 Å². The van der Waals surface area contributed by atoms with Crippen LogP contribution in [0.1, 0.15) is 15.9 Å². The van der Waals surface area contributed by atoms with Gasteiger partial charge in [0, 0.05) is 19.2 Å². The summed E-state index contributed by atoms with van der Waals surface area (Å²) in [5.41, 5.74) is 1.97. The molecular formula is C16H16ClNO3. The molecule has 2 rings (SSSR count). The van der Waals surface area contributed by atoms with Crippen LogP contribution in [-0.2, 0) is 6.54 Å². The lowest BCUT2D eigenvalue weighted by molar-refractivity contribution is 0.0697. The van der Waals surface area contributed by atoms with Crippen LogP contribution < -0.4 is 9.64 Å². The number of anilines is 1. The highest BCUT2D eigenvalue weighted by atomic mass is 35.5. The Morgan fingerprint density at radius 3 is 2.62 bits per heavy atom. The molecule has 0 aliphatic heterocycles. The Morgan fingerprint density at radius 2 is 2.00 bits per heavy atom. The fourth-order valence-corrected chi connectivity index (χ4v) is 2.45. The van der Waals surface area contributed by atoms with E-state index >= 15 is 0 Å². The van der Waals surface area contributed by atoms with E-state index in [4.69, 9.17) is 21.4 Å². The summed E-state index contributed by atoms with van der Waals surface area (Å²) in [6, 6.07) is 12.5. The summed E-state index contributed by atoms with van der Waals surface area (Å²) in [4.78, 5) is 12.9. The Labute approximate surface area is 128 Å². The van der Waals surface area contributed by atoms with Crippen LogP contribution in [0.5, 0.6) is 5.75 Å². The predicted molar refractivity (Wildman–Crippen MR) is 83.5 cm³/mol. The summed E-state index contributed by atoms with van der Waals surface area (Å²) >= 11 is 6.17. The smallest absolute Gasteiger partial charge is 0.335 e. The largest absolute Gasteiger partial charge is 0.496 e. The monoisotopic (exact) mass is 305 g/mol. The third-order valence-electron chi connectivity index (χ3n) is 3.21. The minimum atomic E-state index is -0.990. The normalized spacial score (nSPS) is 10.2. The lowest BCUT2D eigenvalue weighted by Gasteiger charge is -2.22. The van der Waals surface area contributed by atoms with Crippen molar-refractivity contribution in [3.8, 4) is 5.75 Å². The summed E-state index contributed by atoms with van der Waals surface area (Å²) in [5, 5.41) is 9.36. The van der Waals surface area contributed by atoms with Crippen LogP contribution in [0.3, 0.4) is 0 Å². The lowest BCUT2D eigenvalue weighted by Crippen LogP contribution is -2.17. The van der Waals surface area contributed by atoms with Crippen molar-refractivity contribution in [2.45, 2.75) is 6.54 Å². The van der Waals surface area contributed by atoms with Gasteiger partial charge < -0.3 is 14.7 Å². The van der Waals surface area contributed by atoms with E-state index in [-0.39, 0.29) is 5.56 Å². The Kier molecular flexibility index (Phi) is 4.70. The third kappa shape index (κ3) is 3.47. The molecule has 0 saturated heterocycles. The maximum atomic E-state index is 10.9. The number of hydrogen-bond acceptors (Lipinski definition) is 3. The van der Waals surface area contributed by atoms with Crippen LogP contribution in [0.25, 0.3) is 0 Å². The van der Waals surface area contributed by atoms with E-state index in [0.29, 0.717) is 11.6 Å². The quantitative estimate of drug-likeness (QED) is 0.915. The van der Waals surface area contributed by atoms with Crippen molar-refractivity contribution < 1.29 is 14.6 Å². The van der Waals surface area contributed by atoms with Crippen molar-refractivity contribution in [2.24, 2.45) is 0 Å². The van der Waals surface area contributed by atoms with Gasteiger partial charge in [0.1, 0.15) is 5.75 Å². The zero-order valence-corrected chi connectivity index (χ0v) is 12.6. The van der Waals surface area contributed by atoms with Gasteiger partial charge in [0.15, 0.2) is 0 Å². The van der Waals surface area contributed by atoms with E-state index in [9.17, 15) is 4.79 Å². The van der Waals surface area contributed by atoms with Gasteiger partial charge >= 0.3 is 5.97 Å². The van der Waals surface area contributed by atoms with Gasteiger partial charge in [-0.15, -0.1) is 0 Å². The molecule has 110 valence electrons.